The van der Waals surface area contributed by atoms with Gasteiger partial charge in [0.05, 0.1) is 17.1 Å². The van der Waals surface area contributed by atoms with E-state index in [2.05, 4.69) is 10.6 Å². The van der Waals surface area contributed by atoms with Crippen molar-refractivity contribution in [1.82, 2.24) is 5.32 Å². The molecule has 2 amide bonds. The van der Waals surface area contributed by atoms with Gasteiger partial charge in [-0.15, -0.1) is 0 Å². The van der Waals surface area contributed by atoms with Crippen molar-refractivity contribution in [3.63, 3.8) is 0 Å². The molecule has 0 aromatic heterocycles. The Morgan fingerprint density at radius 1 is 1.08 bits per heavy atom. The molecule has 134 valence electrons. The summed E-state index contributed by atoms with van der Waals surface area (Å²) in [5, 5.41) is 4.92. The van der Waals surface area contributed by atoms with Crippen LogP contribution in [0.25, 0.3) is 0 Å². The van der Waals surface area contributed by atoms with E-state index in [1.807, 2.05) is 0 Å². The topological polar surface area (TPSA) is 50.4 Å². The van der Waals surface area contributed by atoms with Gasteiger partial charge in [-0.3, -0.25) is 0 Å². The molecular formula is C16H13Cl2F3N2O2. The highest BCUT2D eigenvalue weighted by atomic mass is 35.5. The Labute approximate surface area is 151 Å². The van der Waals surface area contributed by atoms with Gasteiger partial charge in [0.15, 0.2) is 0 Å². The van der Waals surface area contributed by atoms with Gasteiger partial charge in [-0.1, -0.05) is 23.2 Å². The van der Waals surface area contributed by atoms with Crippen LogP contribution in [0.3, 0.4) is 0 Å². The molecule has 2 aromatic carbocycles. The summed E-state index contributed by atoms with van der Waals surface area (Å²) in [6.45, 7) is 0.345. The van der Waals surface area contributed by atoms with Crippen LogP contribution >= 0.6 is 23.2 Å². The fourth-order valence-electron chi connectivity index (χ4n) is 1.86. The number of alkyl halides is 3. The van der Waals surface area contributed by atoms with Gasteiger partial charge in [0.2, 0.25) is 0 Å². The minimum Gasteiger partial charge on any atom is -0.492 e. The maximum Gasteiger partial charge on any atom is 0.417 e. The van der Waals surface area contributed by atoms with Gasteiger partial charge in [-0.05, 0) is 42.5 Å². The lowest BCUT2D eigenvalue weighted by atomic mass is 10.2. The Balaban J connectivity index is 1.81. The smallest absolute Gasteiger partial charge is 0.417 e. The number of hydrogen-bond donors (Lipinski definition) is 2. The second-order valence-electron chi connectivity index (χ2n) is 4.88. The van der Waals surface area contributed by atoms with Crippen molar-refractivity contribution < 1.29 is 22.7 Å². The number of halogens is 5. The van der Waals surface area contributed by atoms with Crippen LogP contribution in [0.2, 0.25) is 10.0 Å². The Kier molecular flexibility index (Phi) is 6.39. The summed E-state index contributed by atoms with van der Waals surface area (Å²) < 4.78 is 43.7. The molecule has 0 saturated carbocycles. The van der Waals surface area contributed by atoms with Crippen LogP contribution in [0.5, 0.6) is 5.75 Å². The van der Waals surface area contributed by atoms with Crippen molar-refractivity contribution in [3.8, 4) is 5.75 Å². The van der Waals surface area contributed by atoms with E-state index in [4.69, 9.17) is 27.9 Å². The SMILES string of the molecule is O=C(NCCOc1ccc(Cl)cc1)Nc1ccc(Cl)c(C(F)(F)F)c1. The molecule has 2 N–H and O–H groups in total. The van der Waals surface area contributed by atoms with E-state index >= 15 is 0 Å². The highest BCUT2D eigenvalue weighted by molar-refractivity contribution is 6.31. The summed E-state index contributed by atoms with van der Waals surface area (Å²) >= 11 is 11.3. The van der Waals surface area contributed by atoms with Crippen LogP contribution in [0.4, 0.5) is 23.7 Å². The van der Waals surface area contributed by atoms with Crippen molar-refractivity contribution in [3.05, 3.63) is 58.1 Å². The molecule has 9 heteroatoms. The first kappa shape index (κ1) is 19.2. The van der Waals surface area contributed by atoms with Crippen molar-refractivity contribution >= 4 is 34.9 Å². The van der Waals surface area contributed by atoms with Crippen LogP contribution in [0, 0.1) is 0 Å². The third kappa shape index (κ3) is 6.03. The molecule has 0 saturated heterocycles. The second-order valence-corrected chi connectivity index (χ2v) is 5.72. The number of rotatable bonds is 5. The monoisotopic (exact) mass is 392 g/mol. The first-order chi connectivity index (χ1) is 11.8. The van der Waals surface area contributed by atoms with E-state index in [0.717, 1.165) is 12.1 Å². The highest BCUT2D eigenvalue weighted by Crippen LogP contribution is 2.36. The molecular weight excluding hydrogens is 380 g/mol. The molecule has 2 rings (SSSR count). The normalized spacial score (nSPS) is 11.1. The van der Waals surface area contributed by atoms with E-state index in [0.29, 0.717) is 10.8 Å². The molecule has 0 aliphatic heterocycles. The van der Waals surface area contributed by atoms with Crippen LogP contribution in [0.1, 0.15) is 5.56 Å². The third-order valence-corrected chi connectivity index (χ3v) is 3.58. The van der Waals surface area contributed by atoms with E-state index in [1.165, 1.54) is 6.07 Å². The van der Waals surface area contributed by atoms with E-state index in [-0.39, 0.29) is 18.8 Å². The molecule has 0 spiro atoms. The number of benzene rings is 2. The number of hydrogen-bond acceptors (Lipinski definition) is 2. The number of carbonyl (C=O) groups excluding carboxylic acids is 1. The molecule has 2 aromatic rings. The Morgan fingerprint density at radius 2 is 1.76 bits per heavy atom. The summed E-state index contributed by atoms with van der Waals surface area (Å²) in [5.74, 6) is 0.583. The lowest BCUT2D eigenvalue weighted by molar-refractivity contribution is -0.137. The molecule has 0 heterocycles. The first-order valence-electron chi connectivity index (χ1n) is 7.05. The van der Waals surface area contributed by atoms with E-state index in [9.17, 15) is 18.0 Å². The lowest BCUT2D eigenvalue weighted by Crippen LogP contribution is -2.32. The average Bonchev–Trinajstić information content (AvgIpc) is 2.54. The van der Waals surface area contributed by atoms with Crippen LogP contribution in [-0.4, -0.2) is 19.2 Å². The zero-order valence-corrected chi connectivity index (χ0v) is 14.2. The molecule has 0 bridgehead atoms. The number of amides is 2. The molecule has 0 fully saturated rings. The Morgan fingerprint density at radius 3 is 2.40 bits per heavy atom. The maximum atomic E-state index is 12.8. The van der Waals surface area contributed by atoms with Gasteiger partial charge < -0.3 is 15.4 Å². The average molecular weight is 393 g/mol. The van der Waals surface area contributed by atoms with Gasteiger partial charge in [0.25, 0.3) is 0 Å². The zero-order valence-electron chi connectivity index (χ0n) is 12.7. The number of ether oxygens (including phenoxy) is 1. The number of nitrogens with one attached hydrogen (secondary N) is 2. The zero-order chi connectivity index (χ0) is 18.4. The molecule has 0 atom stereocenters. The minimum atomic E-state index is -4.60. The van der Waals surface area contributed by atoms with Gasteiger partial charge in [0.1, 0.15) is 12.4 Å². The largest absolute Gasteiger partial charge is 0.492 e. The minimum absolute atomic E-state index is 0.0205. The Bertz CT molecular complexity index is 737. The van der Waals surface area contributed by atoms with Gasteiger partial charge >= 0.3 is 12.2 Å². The van der Waals surface area contributed by atoms with Crippen LogP contribution in [0.15, 0.2) is 42.5 Å². The number of anilines is 1. The fourth-order valence-corrected chi connectivity index (χ4v) is 2.21. The Hall–Kier alpha value is -2.12. The second kappa shape index (κ2) is 8.31. The summed E-state index contributed by atoms with van der Waals surface area (Å²) in [4.78, 5) is 11.7. The number of carbonyl (C=O) groups is 1. The van der Waals surface area contributed by atoms with Crippen molar-refractivity contribution in [2.75, 3.05) is 18.5 Å². The van der Waals surface area contributed by atoms with Gasteiger partial charge in [-0.25, -0.2) is 4.79 Å². The highest BCUT2D eigenvalue weighted by Gasteiger charge is 2.33. The van der Waals surface area contributed by atoms with Crippen LogP contribution < -0.4 is 15.4 Å². The molecule has 0 aliphatic carbocycles. The fraction of sp³-hybridized carbons (Fsp3) is 0.188. The van der Waals surface area contributed by atoms with Crippen molar-refractivity contribution in [1.29, 1.82) is 0 Å². The maximum absolute atomic E-state index is 12.8. The molecule has 0 radical (unpaired) electrons. The van der Waals surface area contributed by atoms with E-state index in [1.54, 1.807) is 24.3 Å². The van der Waals surface area contributed by atoms with E-state index < -0.39 is 22.8 Å². The molecule has 25 heavy (non-hydrogen) atoms. The van der Waals surface area contributed by atoms with Crippen molar-refractivity contribution in [2.24, 2.45) is 0 Å². The predicted octanol–water partition coefficient (Wildman–Crippen LogP) is 5.21. The summed E-state index contributed by atoms with van der Waals surface area (Å²) in [7, 11) is 0. The first-order valence-corrected chi connectivity index (χ1v) is 7.81. The van der Waals surface area contributed by atoms with Crippen LogP contribution in [-0.2, 0) is 6.18 Å². The molecule has 0 unspecified atom stereocenters. The predicted molar refractivity (Wildman–Crippen MR) is 90.4 cm³/mol. The summed E-state index contributed by atoms with van der Waals surface area (Å²) in [5.41, 5.74) is -1.04. The molecule has 0 aliphatic rings. The van der Waals surface area contributed by atoms with Gasteiger partial charge in [-0.2, -0.15) is 13.2 Å². The lowest BCUT2D eigenvalue weighted by Gasteiger charge is -2.12. The number of urea groups is 1. The summed E-state index contributed by atoms with van der Waals surface area (Å²) in [6.07, 6.45) is -4.60. The standard InChI is InChI=1S/C16H13Cl2F3N2O2/c17-10-1-4-12(5-2-10)25-8-7-22-15(24)23-11-3-6-14(18)13(9-11)16(19,20)21/h1-6,9H,7-8H2,(H2,22,23,24). The summed E-state index contributed by atoms with van der Waals surface area (Å²) in [6, 6.07) is 9.14. The van der Waals surface area contributed by atoms with Gasteiger partial charge in [0, 0.05) is 10.7 Å². The molecule has 4 nitrogen and oxygen atoms in total. The third-order valence-electron chi connectivity index (χ3n) is 3.00. The quantitative estimate of drug-likeness (QED) is 0.685. The van der Waals surface area contributed by atoms with Crippen molar-refractivity contribution in [2.45, 2.75) is 6.18 Å².